The average Bonchev–Trinajstić information content (AvgIpc) is 3.00. The Kier molecular flexibility index (Phi) is 5.22. The number of anilines is 1. The summed E-state index contributed by atoms with van der Waals surface area (Å²) in [6, 6.07) is 0. The molecule has 108 valence electrons. The number of hydrogen-bond donors (Lipinski definition) is 1. The van der Waals surface area contributed by atoms with Crippen LogP contribution < -0.4 is 10.2 Å². The van der Waals surface area contributed by atoms with Crippen LogP contribution in [0.4, 0.5) is 5.13 Å². The molecule has 2 aromatic heterocycles. The van der Waals surface area contributed by atoms with Crippen molar-refractivity contribution in [3.8, 4) is 0 Å². The zero-order chi connectivity index (χ0) is 14.5. The molecule has 1 amide bonds. The van der Waals surface area contributed by atoms with Crippen molar-refractivity contribution < 1.29 is 4.79 Å². The Hall–Kier alpha value is -1.31. The second-order valence-corrected chi connectivity index (χ2v) is 6.49. The summed E-state index contributed by atoms with van der Waals surface area (Å²) in [5.41, 5.74) is 0.964. The van der Waals surface area contributed by atoms with E-state index in [0.717, 1.165) is 22.4 Å². The number of carbonyl (C=O) groups is 1. The van der Waals surface area contributed by atoms with Crippen LogP contribution >= 0.6 is 22.7 Å². The van der Waals surface area contributed by atoms with Crippen LogP contribution in [-0.2, 0) is 17.9 Å². The van der Waals surface area contributed by atoms with Gasteiger partial charge in [0.2, 0.25) is 5.91 Å². The number of nitrogens with zero attached hydrogens (tertiary/aromatic N) is 3. The van der Waals surface area contributed by atoms with E-state index < -0.39 is 0 Å². The van der Waals surface area contributed by atoms with Crippen molar-refractivity contribution in [3.63, 3.8) is 0 Å². The van der Waals surface area contributed by atoms with Crippen LogP contribution in [0.1, 0.15) is 29.4 Å². The summed E-state index contributed by atoms with van der Waals surface area (Å²) in [5.74, 6) is 0.0292. The number of carbonyl (C=O) groups excluding carboxylic acids is 1. The summed E-state index contributed by atoms with van der Waals surface area (Å²) >= 11 is 3.20. The molecule has 0 aliphatic carbocycles. The van der Waals surface area contributed by atoms with Crippen LogP contribution in [0.2, 0.25) is 0 Å². The van der Waals surface area contributed by atoms with Crippen molar-refractivity contribution in [2.45, 2.75) is 33.9 Å². The molecule has 0 fully saturated rings. The van der Waals surface area contributed by atoms with Gasteiger partial charge in [0, 0.05) is 43.0 Å². The molecule has 2 heterocycles. The first-order valence-corrected chi connectivity index (χ1v) is 8.14. The van der Waals surface area contributed by atoms with Crippen molar-refractivity contribution in [3.05, 3.63) is 27.2 Å². The first-order chi connectivity index (χ1) is 9.60. The zero-order valence-corrected chi connectivity index (χ0v) is 13.5. The van der Waals surface area contributed by atoms with Crippen LogP contribution in [0.25, 0.3) is 0 Å². The molecule has 0 radical (unpaired) electrons. The van der Waals surface area contributed by atoms with Gasteiger partial charge < -0.3 is 5.32 Å². The Labute approximate surface area is 126 Å². The maximum atomic E-state index is 11.5. The van der Waals surface area contributed by atoms with Gasteiger partial charge in [0.25, 0.3) is 0 Å². The molecule has 0 unspecified atom stereocenters. The van der Waals surface area contributed by atoms with Gasteiger partial charge in [-0.05, 0) is 13.8 Å². The first-order valence-electron chi connectivity index (χ1n) is 6.44. The average molecular weight is 310 g/mol. The molecule has 7 heteroatoms. The third-order valence-electron chi connectivity index (χ3n) is 2.74. The maximum absolute atomic E-state index is 11.5. The van der Waals surface area contributed by atoms with Crippen LogP contribution in [0, 0.1) is 6.92 Å². The normalized spacial score (nSPS) is 10.8. The Morgan fingerprint density at radius 2 is 2.25 bits per heavy atom. The smallest absolute Gasteiger partial charge is 0.225 e. The lowest BCUT2D eigenvalue weighted by atomic mass is 10.4. The Balaban J connectivity index is 1.88. The topological polar surface area (TPSA) is 58.1 Å². The quantitative estimate of drug-likeness (QED) is 0.891. The van der Waals surface area contributed by atoms with E-state index in [1.165, 1.54) is 16.2 Å². The molecule has 2 rings (SSSR count). The molecule has 0 aromatic carbocycles. The Morgan fingerprint density at radius 1 is 1.45 bits per heavy atom. The van der Waals surface area contributed by atoms with Crippen molar-refractivity contribution in [1.29, 1.82) is 0 Å². The van der Waals surface area contributed by atoms with Gasteiger partial charge in [0.05, 0.1) is 10.7 Å². The van der Waals surface area contributed by atoms with Gasteiger partial charge in [0.1, 0.15) is 0 Å². The van der Waals surface area contributed by atoms with E-state index in [2.05, 4.69) is 15.3 Å². The fraction of sp³-hybridized carbons (Fsp3) is 0.462. The molecule has 2 aromatic rings. The standard InChI is InChI=1S/C13H18N4OS2/c1-4-17(10(3)18)13-16-11(8-19-13)5-14-6-12-7-15-9(2)20-12/h7-8,14H,4-6H2,1-3H3. The highest BCUT2D eigenvalue weighted by Crippen LogP contribution is 2.20. The number of aromatic nitrogens is 2. The third-order valence-corrected chi connectivity index (χ3v) is 4.57. The number of hydrogen-bond acceptors (Lipinski definition) is 6. The highest BCUT2D eigenvalue weighted by molar-refractivity contribution is 7.14. The SMILES string of the molecule is CCN(C(C)=O)c1nc(CNCc2cnc(C)s2)cs1. The minimum atomic E-state index is 0.0292. The van der Waals surface area contributed by atoms with E-state index >= 15 is 0 Å². The van der Waals surface area contributed by atoms with Gasteiger partial charge in [-0.25, -0.2) is 9.97 Å². The first kappa shape index (κ1) is 15.1. The molecule has 1 N–H and O–H groups in total. The highest BCUT2D eigenvalue weighted by atomic mass is 32.1. The Morgan fingerprint density at radius 3 is 2.85 bits per heavy atom. The van der Waals surface area contributed by atoms with Gasteiger partial charge >= 0.3 is 0 Å². The molecule has 0 bridgehead atoms. The summed E-state index contributed by atoms with van der Waals surface area (Å²) in [5, 5.41) is 7.18. The second-order valence-electron chi connectivity index (χ2n) is 4.33. The van der Waals surface area contributed by atoms with Crippen LogP contribution in [0.5, 0.6) is 0 Å². The largest absolute Gasteiger partial charge is 0.306 e. The van der Waals surface area contributed by atoms with Crippen molar-refractivity contribution in [2.75, 3.05) is 11.4 Å². The number of thiazole rings is 2. The lowest BCUT2D eigenvalue weighted by Gasteiger charge is -2.14. The molecule has 0 spiro atoms. The van der Waals surface area contributed by atoms with Crippen molar-refractivity contribution in [2.24, 2.45) is 0 Å². The number of amides is 1. The van der Waals surface area contributed by atoms with E-state index in [1.54, 1.807) is 23.2 Å². The minimum Gasteiger partial charge on any atom is -0.306 e. The summed E-state index contributed by atoms with van der Waals surface area (Å²) in [4.78, 5) is 23.1. The maximum Gasteiger partial charge on any atom is 0.225 e. The lowest BCUT2D eigenvalue weighted by molar-refractivity contribution is -0.116. The molecule has 0 saturated carbocycles. The Bertz CT molecular complexity index is 578. The molecule has 0 atom stereocenters. The number of nitrogens with one attached hydrogen (secondary N) is 1. The van der Waals surface area contributed by atoms with E-state index in [4.69, 9.17) is 0 Å². The number of rotatable bonds is 6. The lowest BCUT2D eigenvalue weighted by Crippen LogP contribution is -2.27. The third kappa shape index (κ3) is 3.84. The molecular weight excluding hydrogens is 292 g/mol. The molecule has 0 saturated heterocycles. The fourth-order valence-electron chi connectivity index (χ4n) is 1.79. The van der Waals surface area contributed by atoms with Gasteiger partial charge in [-0.2, -0.15) is 0 Å². The van der Waals surface area contributed by atoms with Crippen molar-refractivity contribution >= 4 is 33.7 Å². The zero-order valence-electron chi connectivity index (χ0n) is 11.8. The predicted octanol–water partition coefficient (Wildman–Crippen LogP) is 2.57. The van der Waals surface area contributed by atoms with Crippen LogP contribution in [0.3, 0.4) is 0 Å². The molecule has 0 aliphatic rings. The predicted molar refractivity (Wildman–Crippen MR) is 83.2 cm³/mol. The minimum absolute atomic E-state index is 0.0292. The van der Waals surface area contributed by atoms with Gasteiger partial charge in [0.15, 0.2) is 5.13 Å². The summed E-state index contributed by atoms with van der Waals surface area (Å²) in [6.07, 6.45) is 1.90. The second kappa shape index (κ2) is 6.92. The highest BCUT2D eigenvalue weighted by Gasteiger charge is 2.13. The molecular formula is C13H18N4OS2. The van der Waals surface area contributed by atoms with E-state index in [-0.39, 0.29) is 5.91 Å². The van der Waals surface area contributed by atoms with Gasteiger partial charge in [-0.3, -0.25) is 9.69 Å². The van der Waals surface area contributed by atoms with Gasteiger partial charge in [-0.15, -0.1) is 22.7 Å². The van der Waals surface area contributed by atoms with Gasteiger partial charge in [-0.1, -0.05) is 0 Å². The van der Waals surface area contributed by atoms with E-state index in [9.17, 15) is 4.79 Å². The molecule has 0 aliphatic heterocycles. The van der Waals surface area contributed by atoms with Crippen LogP contribution in [0.15, 0.2) is 11.6 Å². The van der Waals surface area contributed by atoms with E-state index in [1.807, 2.05) is 25.4 Å². The fourth-order valence-corrected chi connectivity index (χ4v) is 3.49. The monoisotopic (exact) mass is 310 g/mol. The van der Waals surface area contributed by atoms with Crippen LogP contribution in [-0.4, -0.2) is 22.4 Å². The van der Waals surface area contributed by atoms with E-state index in [0.29, 0.717) is 13.1 Å². The number of aryl methyl sites for hydroxylation is 1. The molecule has 20 heavy (non-hydrogen) atoms. The molecule has 5 nitrogen and oxygen atoms in total. The summed E-state index contributed by atoms with van der Waals surface area (Å²) in [7, 11) is 0. The summed E-state index contributed by atoms with van der Waals surface area (Å²) < 4.78 is 0. The van der Waals surface area contributed by atoms with Crippen molar-refractivity contribution in [1.82, 2.24) is 15.3 Å². The summed E-state index contributed by atoms with van der Waals surface area (Å²) in [6.45, 7) is 7.66.